The van der Waals surface area contributed by atoms with Crippen LogP contribution in [-0.4, -0.2) is 16.8 Å². The molecule has 2 nitrogen and oxygen atoms in total. The summed E-state index contributed by atoms with van der Waals surface area (Å²) in [6.07, 6.45) is 0. The van der Waals surface area contributed by atoms with E-state index >= 15 is 0 Å². The van der Waals surface area contributed by atoms with Crippen molar-refractivity contribution in [3.63, 3.8) is 0 Å². The number of hydrogen-bond acceptors (Lipinski definition) is 1. The van der Waals surface area contributed by atoms with Gasteiger partial charge in [-0.2, -0.15) is 0 Å². The van der Waals surface area contributed by atoms with Gasteiger partial charge < -0.3 is 5.32 Å². The highest BCUT2D eigenvalue weighted by Gasteiger charge is 2.26. The number of benzene rings is 1. The molecule has 0 aliphatic carbocycles. The normalized spacial score (nSPS) is 13.3. The Morgan fingerprint density at radius 3 is 2.47 bits per heavy atom. The highest BCUT2D eigenvalue weighted by Crippen LogP contribution is 2.17. The molecule has 3 heteroatoms. The van der Waals surface area contributed by atoms with Crippen LogP contribution in [0, 0.1) is 13.8 Å². The van der Waals surface area contributed by atoms with Crippen LogP contribution in [0.15, 0.2) is 18.2 Å². The van der Waals surface area contributed by atoms with Crippen LogP contribution < -0.4 is 5.32 Å². The zero-order chi connectivity index (χ0) is 13.2. The lowest BCUT2D eigenvalue weighted by Gasteiger charge is -2.29. The van der Waals surface area contributed by atoms with Crippen molar-refractivity contribution in [3.05, 3.63) is 34.9 Å². The molecule has 1 aromatic carbocycles. The first-order valence-electron chi connectivity index (χ1n) is 5.78. The molecule has 0 spiro atoms. The zero-order valence-corrected chi connectivity index (χ0v) is 11.9. The Morgan fingerprint density at radius 1 is 1.35 bits per heavy atom. The molecule has 0 saturated carbocycles. The second kappa shape index (κ2) is 5.09. The molecule has 0 heterocycles. The van der Waals surface area contributed by atoms with E-state index in [1.807, 2.05) is 52.8 Å². The Hall–Kier alpha value is -1.02. The third-order valence-electron chi connectivity index (χ3n) is 3.07. The lowest BCUT2D eigenvalue weighted by Crippen LogP contribution is -2.49. The number of hydrogen-bond donors (Lipinski definition) is 1. The molecule has 17 heavy (non-hydrogen) atoms. The summed E-state index contributed by atoms with van der Waals surface area (Å²) in [5.41, 5.74) is 2.36. The molecule has 1 N–H and O–H groups in total. The Bertz CT molecular complexity index is 424. The summed E-state index contributed by atoms with van der Waals surface area (Å²) < 4.78 is 0. The molecular weight excluding hydrogens is 234 g/mol. The summed E-state index contributed by atoms with van der Waals surface area (Å²) in [5.74, 6) is -0.0660. The maximum Gasteiger partial charge on any atom is 0.252 e. The van der Waals surface area contributed by atoms with E-state index in [9.17, 15) is 4.79 Å². The van der Waals surface area contributed by atoms with Crippen molar-refractivity contribution in [1.82, 2.24) is 5.32 Å². The second-order valence-corrected chi connectivity index (χ2v) is 5.76. The van der Waals surface area contributed by atoms with Gasteiger partial charge in [0.1, 0.15) is 0 Å². The van der Waals surface area contributed by atoms with Crippen molar-refractivity contribution in [1.29, 1.82) is 0 Å². The van der Waals surface area contributed by atoms with Gasteiger partial charge >= 0.3 is 0 Å². The van der Waals surface area contributed by atoms with Gasteiger partial charge in [-0.1, -0.05) is 17.7 Å². The SMILES string of the molecule is Cc1ccc(C)c(C(=O)NC(C)(C)C(C)Cl)c1. The molecule has 1 aromatic rings. The Balaban J connectivity index is 2.94. The lowest BCUT2D eigenvalue weighted by atomic mass is 9.99. The van der Waals surface area contributed by atoms with Gasteiger partial charge in [0.25, 0.3) is 5.91 Å². The minimum atomic E-state index is -0.422. The third kappa shape index (κ3) is 3.47. The summed E-state index contributed by atoms with van der Waals surface area (Å²) in [5, 5.41) is 2.84. The Kier molecular flexibility index (Phi) is 4.21. The molecule has 1 atom stereocenters. The van der Waals surface area contributed by atoms with Gasteiger partial charge in [-0.25, -0.2) is 0 Å². The number of carbonyl (C=O) groups excluding carboxylic acids is 1. The van der Waals surface area contributed by atoms with Gasteiger partial charge in [0.2, 0.25) is 0 Å². The van der Waals surface area contributed by atoms with E-state index in [1.165, 1.54) is 0 Å². The van der Waals surface area contributed by atoms with Gasteiger partial charge in [-0.3, -0.25) is 4.79 Å². The predicted octanol–water partition coefficient (Wildman–Crippen LogP) is 3.44. The first-order chi connectivity index (χ1) is 7.74. The quantitative estimate of drug-likeness (QED) is 0.822. The fourth-order valence-corrected chi connectivity index (χ4v) is 1.49. The number of alkyl halides is 1. The molecule has 1 unspecified atom stereocenters. The number of rotatable bonds is 3. The standard InChI is InChI=1S/C14H20ClNO/c1-9-6-7-10(2)12(8-9)13(17)16-14(4,5)11(3)15/h6-8,11H,1-5H3,(H,16,17). The van der Waals surface area contributed by atoms with E-state index in [1.54, 1.807) is 0 Å². The molecule has 0 aliphatic heterocycles. The lowest BCUT2D eigenvalue weighted by molar-refractivity contribution is 0.0911. The molecule has 1 rings (SSSR count). The van der Waals surface area contributed by atoms with Crippen LogP contribution in [0.5, 0.6) is 0 Å². The fraction of sp³-hybridized carbons (Fsp3) is 0.500. The first kappa shape index (κ1) is 14.0. The average molecular weight is 254 g/mol. The molecular formula is C14H20ClNO. The van der Waals surface area contributed by atoms with Crippen LogP contribution >= 0.6 is 11.6 Å². The van der Waals surface area contributed by atoms with Crippen molar-refractivity contribution in [3.8, 4) is 0 Å². The van der Waals surface area contributed by atoms with Gasteiger partial charge in [0.15, 0.2) is 0 Å². The van der Waals surface area contributed by atoms with E-state index in [-0.39, 0.29) is 11.3 Å². The van der Waals surface area contributed by atoms with Crippen molar-refractivity contribution in [2.45, 2.75) is 45.5 Å². The molecule has 1 amide bonds. The topological polar surface area (TPSA) is 29.1 Å². The minimum absolute atomic E-state index is 0.0660. The van der Waals surface area contributed by atoms with Crippen LogP contribution in [0.3, 0.4) is 0 Å². The van der Waals surface area contributed by atoms with Gasteiger partial charge in [-0.15, -0.1) is 11.6 Å². The Morgan fingerprint density at radius 2 is 1.94 bits per heavy atom. The van der Waals surface area contributed by atoms with E-state index in [0.717, 1.165) is 16.7 Å². The van der Waals surface area contributed by atoms with Crippen LogP contribution in [-0.2, 0) is 0 Å². The maximum atomic E-state index is 12.2. The van der Waals surface area contributed by atoms with Crippen molar-refractivity contribution in [2.75, 3.05) is 0 Å². The predicted molar refractivity (Wildman–Crippen MR) is 72.8 cm³/mol. The van der Waals surface area contributed by atoms with Gasteiger partial charge in [-0.05, 0) is 46.2 Å². The molecule has 0 radical (unpaired) electrons. The summed E-state index contributed by atoms with van der Waals surface area (Å²) >= 11 is 6.06. The second-order valence-electron chi connectivity index (χ2n) is 5.11. The van der Waals surface area contributed by atoms with Crippen LogP contribution in [0.4, 0.5) is 0 Å². The summed E-state index contributed by atoms with van der Waals surface area (Å²) in [4.78, 5) is 12.2. The summed E-state index contributed by atoms with van der Waals surface area (Å²) in [6, 6.07) is 5.86. The Labute approximate surface area is 108 Å². The molecule has 0 fully saturated rings. The van der Waals surface area contributed by atoms with Gasteiger partial charge in [0, 0.05) is 5.56 Å². The first-order valence-corrected chi connectivity index (χ1v) is 6.21. The average Bonchev–Trinajstić information content (AvgIpc) is 2.20. The van der Waals surface area contributed by atoms with E-state index < -0.39 is 5.54 Å². The highest BCUT2D eigenvalue weighted by atomic mass is 35.5. The maximum absolute atomic E-state index is 12.2. The minimum Gasteiger partial charge on any atom is -0.346 e. The molecule has 0 aliphatic rings. The van der Waals surface area contributed by atoms with Gasteiger partial charge in [0.05, 0.1) is 10.9 Å². The van der Waals surface area contributed by atoms with E-state index in [4.69, 9.17) is 11.6 Å². The number of amides is 1. The molecule has 0 bridgehead atoms. The zero-order valence-electron chi connectivity index (χ0n) is 11.1. The molecule has 0 aromatic heterocycles. The largest absolute Gasteiger partial charge is 0.346 e. The highest BCUT2D eigenvalue weighted by molar-refractivity contribution is 6.21. The van der Waals surface area contributed by atoms with Crippen molar-refractivity contribution >= 4 is 17.5 Å². The smallest absolute Gasteiger partial charge is 0.252 e. The van der Waals surface area contributed by atoms with E-state index in [0.29, 0.717) is 0 Å². The number of nitrogens with one attached hydrogen (secondary N) is 1. The number of carbonyl (C=O) groups is 1. The molecule has 0 saturated heterocycles. The fourth-order valence-electron chi connectivity index (χ4n) is 1.44. The van der Waals surface area contributed by atoms with Crippen LogP contribution in [0.2, 0.25) is 0 Å². The third-order valence-corrected chi connectivity index (χ3v) is 3.61. The summed E-state index contributed by atoms with van der Waals surface area (Å²) in [6.45, 7) is 9.64. The monoisotopic (exact) mass is 253 g/mol. The van der Waals surface area contributed by atoms with E-state index in [2.05, 4.69) is 5.32 Å². The number of aryl methyl sites for hydroxylation is 2. The van der Waals surface area contributed by atoms with Crippen molar-refractivity contribution < 1.29 is 4.79 Å². The van der Waals surface area contributed by atoms with Crippen LogP contribution in [0.25, 0.3) is 0 Å². The van der Waals surface area contributed by atoms with Crippen LogP contribution in [0.1, 0.15) is 42.3 Å². The summed E-state index contributed by atoms with van der Waals surface area (Å²) in [7, 11) is 0. The van der Waals surface area contributed by atoms with Crippen molar-refractivity contribution in [2.24, 2.45) is 0 Å². The molecule has 94 valence electrons. The number of halogens is 1.